The van der Waals surface area contributed by atoms with Crippen LogP contribution in [0.1, 0.15) is 122 Å². The highest BCUT2D eigenvalue weighted by Crippen LogP contribution is 2.41. The summed E-state index contributed by atoms with van der Waals surface area (Å²) in [6.45, 7) is 27.6. The number of carbonyl (C=O) groups excluding carboxylic acids is 2. The number of cyclic esters (lactones) is 1. The minimum absolute atomic E-state index is 0.0713. The molecule has 2 aliphatic heterocycles. The van der Waals surface area contributed by atoms with Crippen molar-refractivity contribution < 1.29 is 33.0 Å². The van der Waals surface area contributed by atoms with Gasteiger partial charge in [0, 0.05) is 31.3 Å². The fourth-order valence-corrected chi connectivity index (χ4v) is 11.1. The van der Waals surface area contributed by atoms with Crippen LogP contribution < -0.4 is 0 Å². The van der Waals surface area contributed by atoms with Crippen molar-refractivity contribution in [3.05, 3.63) is 36.0 Å². The zero-order valence-corrected chi connectivity index (χ0v) is 33.9. The molecule has 2 aliphatic rings. The molecule has 0 bridgehead atoms. The van der Waals surface area contributed by atoms with Crippen molar-refractivity contribution in [1.29, 1.82) is 0 Å². The fourth-order valence-electron chi connectivity index (χ4n) is 7.47. The molecule has 8 atom stereocenters. The molecule has 0 aromatic rings. The first-order valence-corrected chi connectivity index (χ1v) is 21.0. The molecule has 0 saturated carbocycles. The van der Waals surface area contributed by atoms with Crippen molar-refractivity contribution in [1.82, 2.24) is 0 Å². The van der Waals surface area contributed by atoms with Gasteiger partial charge in [0.1, 0.15) is 12.2 Å². The largest absolute Gasteiger partial charge is 0.458 e. The van der Waals surface area contributed by atoms with Gasteiger partial charge in [0.05, 0.1) is 30.8 Å². The number of ether oxygens (including phenoxy) is 4. The maximum atomic E-state index is 13.7. The SMILES string of the molecule is CCC(OC)C(C)C1OC1CC(C)(C)/C=C/C=C(\C)C1OC(=O)CC(O[Si](CC)(CC)C(C)C)CCC(C)(C)C(OC(C)=O)/C=C/C1C. The predicted molar refractivity (Wildman–Crippen MR) is 198 cm³/mol. The Morgan fingerprint density at radius 1 is 1.12 bits per heavy atom. The molecular weight excluding hydrogens is 621 g/mol. The molecule has 2 rings (SSSR count). The molecule has 0 aromatic heterocycles. The monoisotopic (exact) mass is 690 g/mol. The first-order chi connectivity index (χ1) is 22.3. The van der Waals surface area contributed by atoms with Gasteiger partial charge in [0.25, 0.3) is 0 Å². The third kappa shape index (κ3) is 12.2. The molecule has 0 N–H and O–H groups in total. The van der Waals surface area contributed by atoms with Crippen molar-refractivity contribution >= 4 is 20.3 Å². The van der Waals surface area contributed by atoms with Crippen LogP contribution in [-0.2, 0) is 33.0 Å². The first-order valence-electron chi connectivity index (χ1n) is 18.6. The molecule has 2 heterocycles. The van der Waals surface area contributed by atoms with E-state index >= 15 is 0 Å². The number of hydrogen-bond donors (Lipinski definition) is 0. The molecule has 48 heavy (non-hydrogen) atoms. The van der Waals surface area contributed by atoms with Crippen LogP contribution in [-0.4, -0.2) is 64.0 Å². The van der Waals surface area contributed by atoms with Gasteiger partial charge in [0.15, 0.2) is 8.32 Å². The summed E-state index contributed by atoms with van der Waals surface area (Å²) < 4.78 is 30.9. The Bertz CT molecular complexity index is 1110. The lowest BCUT2D eigenvalue weighted by molar-refractivity contribution is -0.151. The molecular formula is C40H70O7Si. The average molecular weight is 691 g/mol. The maximum absolute atomic E-state index is 13.7. The molecule has 1 saturated heterocycles. The van der Waals surface area contributed by atoms with Crippen LogP contribution >= 0.6 is 0 Å². The Kier molecular flexibility index (Phi) is 16.3. The summed E-state index contributed by atoms with van der Waals surface area (Å²) in [5.74, 6) is -0.310. The molecule has 0 aromatic carbocycles. The molecule has 0 aliphatic carbocycles. The van der Waals surface area contributed by atoms with E-state index in [1.54, 1.807) is 7.11 Å². The molecule has 8 heteroatoms. The van der Waals surface area contributed by atoms with Crippen molar-refractivity contribution in [2.24, 2.45) is 22.7 Å². The van der Waals surface area contributed by atoms with Gasteiger partial charge in [0.2, 0.25) is 0 Å². The smallest absolute Gasteiger partial charge is 0.308 e. The summed E-state index contributed by atoms with van der Waals surface area (Å²) in [6, 6.07) is 2.00. The lowest BCUT2D eigenvalue weighted by Gasteiger charge is -2.39. The predicted octanol–water partition coefficient (Wildman–Crippen LogP) is 9.76. The minimum Gasteiger partial charge on any atom is -0.458 e. The van der Waals surface area contributed by atoms with E-state index < -0.39 is 20.5 Å². The van der Waals surface area contributed by atoms with Gasteiger partial charge in [-0.3, -0.25) is 9.59 Å². The number of carbonyl (C=O) groups is 2. The van der Waals surface area contributed by atoms with Crippen LogP contribution in [0.5, 0.6) is 0 Å². The molecule has 1 fully saturated rings. The lowest BCUT2D eigenvalue weighted by atomic mass is 9.80. The van der Waals surface area contributed by atoms with E-state index in [-0.39, 0.29) is 59.5 Å². The summed E-state index contributed by atoms with van der Waals surface area (Å²) >= 11 is 0. The Morgan fingerprint density at radius 2 is 1.77 bits per heavy atom. The van der Waals surface area contributed by atoms with E-state index in [1.165, 1.54) is 6.92 Å². The number of allylic oxidation sites excluding steroid dienone is 3. The van der Waals surface area contributed by atoms with Crippen molar-refractivity contribution in [3.63, 3.8) is 0 Å². The van der Waals surface area contributed by atoms with Crippen LogP contribution in [0, 0.1) is 22.7 Å². The standard InChI is InChI=1S/C40H70O7Si/c1-15-33(43-14)30(8)38-34(45-38)26-39(10,11)23-18-19-28(6)37-29(7)20-21-35(44-31(9)41)40(12,13)24-22-32(25-36(42)46-37)47-48(16-2,17-3)27(4)5/h18-21,23,27,29-30,32-35,37-38H,15-17,22,24-26H2,1-14H3/b21-20+,23-18+,28-19+. The van der Waals surface area contributed by atoms with Crippen LogP contribution in [0.2, 0.25) is 17.6 Å². The number of esters is 2. The van der Waals surface area contributed by atoms with E-state index in [1.807, 2.05) is 19.1 Å². The third-order valence-corrected chi connectivity index (χ3v) is 16.4. The Labute approximate surface area is 294 Å². The maximum Gasteiger partial charge on any atom is 0.308 e. The summed E-state index contributed by atoms with van der Waals surface area (Å²) in [6.07, 6.45) is 13.5. The molecule has 276 valence electrons. The van der Waals surface area contributed by atoms with E-state index in [9.17, 15) is 9.59 Å². The highest BCUT2D eigenvalue weighted by Gasteiger charge is 2.47. The minimum atomic E-state index is -2.08. The molecule has 0 spiro atoms. The van der Waals surface area contributed by atoms with Gasteiger partial charge in [-0.25, -0.2) is 0 Å². The average Bonchev–Trinajstić information content (AvgIpc) is 3.76. The molecule has 8 unspecified atom stereocenters. The van der Waals surface area contributed by atoms with Crippen LogP contribution in [0.15, 0.2) is 36.0 Å². The van der Waals surface area contributed by atoms with E-state index in [4.69, 9.17) is 23.4 Å². The second-order valence-electron chi connectivity index (χ2n) is 16.2. The second-order valence-corrected chi connectivity index (χ2v) is 21.2. The number of methoxy groups -OCH3 is 1. The van der Waals surface area contributed by atoms with Gasteiger partial charge in [-0.1, -0.05) is 100 Å². The third-order valence-electron chi connectivity index (χ3n) is 11.1. The molecule has 0 amide bonds. The van der Waals surface area contributed by atoms with Gasteiger partial charge < -0.3 is 23.4 Å². The summed E-state index contributed by atoms with van der Waals surface area (Å²) in [5, 5.41) is 0. The van der Waals surface area contributed by atoms with Gasteiger partial charge in [-0.05, 0) is 67.3 Å². The van der Waals surface area contributed by atoms with Crippen LogP contribution in [0.4, 0.5) is 0 Å². The topological polar surface area (TPSA) is 83.6 Å². The summed E-state index contributed by atoms with van der Waals surface area (Å²) in [7, 11) is -0.296. The fraction of sp³-hybridized carbons (Fsp3) is 0.800. The quantitative estimate of drug-likeness (QED) is 0.0556. The van der Waals surface area contributed by atoms with Gasteiger partial charge >= 0.3 is 11.9 Å². The van der Waals surface area contributed by atoms with Gasteiger partial charge in [-0.2, -0.15) is 0 Å². The number of hydrogen-bond acceptors (Lipinski definition) is 7. The zero-order valence-electron chi connectivity index (χ0n) is 32.9. The van der Waals surface area contributed by atoms with Crippen molar-refractivity contribution in [3.8, 4) is 0 Å². The second kappa shape index (κ2) is 18.5. The van der Waals surface area contributed by atoms with Crippen molar-refractivity contribution in [2.75, 3.05) is 7.11 Å². The number of rotatable bonds is 15. The van der Waals surface area contributed by atoms with E-state index in [0.29, 0.717) is 17.9 Å². The van der Waals surface area contributed by atoms with Crippen molar-refractivity contribution in [2.45, 2.75) is 176 Å². The Morgan fingerprint density at radius 3 is 2.31 bits per heavy atom. The first kappa shape index (κ1) is 42.4. The van der Waals surface area contributed by atoms with E-state index in [0.717, 1.165) is 36.9 Å². The number of epoxide rings is 1. The lowest BCUT2D eigenvalue weighted by Crippen LogP contribution is -2.45. The Balaban J connectivity index is 2.34. The highest BCUT2D eigenvalue weighted by molar-refractivity contribution is 6.75. The van der Waals surface area contributed by atoms with Crippen LogP contribution in [0.3, 0.4) is 0 Å². The van der Waals surface area contributed by atoms with Gasteiger partial charge in [-0.15, -0.1) is 0 Å². The Hall–Kier alpha value is -1.74. The van der Waals surface area contributed by atoms with Crippen LogP contribution in [0.25, 0.3) is 0 Å². The molecule has 0 radical (unpaired) electrons. The zero-order chi connectivity index (χ0) is 36.4. The summed E-state index contributed by atoms with van der Waals surface area (Å²) in [4.78, 5) is 25.8. The molecule has 7 nitrogen and oxygen atoms in total. The normalized spacial score (nSPS) is 29.5. The van der Waals surface area contributed by atoms with E-state index in [2.05, 4.69) is 94.4 Å². The summed E-state index contributed by atoms with van der Waals surface area (Å²) in [5.41, 5.74) is 0.977. The highest BCUT2D eigenvalue weighted by atomic mass is 28.4.